The van der Waals surface area contributed by atoms with Crippen LogP contribution in [-0.2, 0) is 15.1 Å². The van der Waals surface area contributed by atoms with Crippen molar-refractivity contribution in [2.75, 3.05) is 0 Å². The summed E-state index contributed by atoms with van der Waals surface area (Å²) in [6.07, 6.45) is 1.27. The van der Waals surface area contributed by atoms with E-state index in [1.54, 1.807) is 0 Å². The Morgan fingerprint density at radius 3 is 1.67 bits per heavy atom. The number of benzene rings is 5. The Morgan fingerprint density at radius 1 is 0.738 bits per heavy atom. The van der Waals surface area contributed by atoms with Crippen molar-refractivity contribution >= 4 is 42.6 Å². The third kappa shape index (κ3) is 5.48. The second-order valence-electron chi connectivity index (χ2n) is 10.3. The summed E-state index contributed by atoms with van der Waals surface area (Å²) in [4.78, 5) is 19.2. The summed E-state index contributed by atoms with van der Waals surface area (Å²) in [5.74, 6) is -0.389. The number of rotatable bonds is 8. The van der Waals surface area contributed by atoms with E-state index in [2.05, 4.69) is 60.1 Å². The van der Waals surface area contributed by atoms with Gasteiger partial charge in [-0.3, -0.25) is 4.99 Å². The van der Waals surface area contributed by atoms with Crippen LogP contribution in [0.4, 0.5) is 0 Å². The monoisotopic (exact) mass is 588 g/mol. The molecular formula is C36H30ClN2O2P. The lowest BCUT2D eigenvalue weighted by Crippen LogP contribution is -2.49. The predicted octanol–water partition coefficient (Wildman–Crippen LogP) is 7.65. The van der Waals surface area contributed by atoms with Crippen molar-refractivity contribution in [3.63, 3.8) is 0 Å². The average molecular weight is 589 g/mol. The maximum atomic E-state index is 14.3. The van der Waals surface area contributed by atoms with Gasteiger partial charge in [0.15, 0.2) is 12.1 Å². The van der Waals surface area contributed by atoms with Gasteiger partial charge in [0.2, 0.25) is 0 Å². The molecule has 4 nitrogen and oxygen atoms in total. The molecule has 0 fully saturated rings. The molecule has 0 unspecified atom stereocenters. The second-order valence-corrected chi connectivity index (χ2v) is 12.8. The number of halogens is 1. The lowest BCUT2D eigenvalue weighted by atomic mass is 9.85. The summed E-state index contributed by atoms with van der Waals surface area (Å²) >= 11 is 6.33. The lowest BCUT2D eigenvalue weighted by molar-refractivity contribution is -0.151. The average Bonchev–Trinajstić information content (AvgIpc) is 3.39. The van der Waals surface area contributed by atoms with Crippen LogP contribution in [0.2, 0.25) is 5.02 Å². The van der Waals surface area contributed by atoms with E-state index in [9.17, 15) is 4.79 Å². The number of hydrogen-bond donors (Lipinski definition) is 0. The highest BCUT2D eigenvalue weighted by Crippen LogP contribution is 2.51. The lowest BCUT2D eigenvalue weighted by Gasteiger charge is -2.43. The summed E-state index contributed by atoms with van der Waals surface area (Å²) in [5.41, 5.74) is 1.89. The number of esters is 1. The molecule has 0 N–H and O–H groups in total. The molecular weight excluding hydrogens is 559 g/mol. The minimum atomic E-state index is -1.09. The molecule has 6 rings (SSSR count). The quantitative estimate of drug-likeness (QED) is 0.138. The molecule has 0 radical (unpaired) electrons. The summed E-state index contributed by atoms with van der Waals surface area (Å²) in [5, 5.41) is 2.95. The Balaban J connectivity index is 1.44. The Labute approximate surface area is 253 Å². The van der Waals surface area contributed by atoms with Crippen molar-refractivity contribution in [2.24, 2.45) is 4.99 Å². The number of carbonyl (C=O) groups excluding carboxylic acids is 1. The zero-order valence-corrected chi connectivity index (χ0v) is 24.8. The zero-order chi connectivity index (χ0) is 28.9. The Bertz CT molecular complexity index is 1570. The van der Waals surface area contributed by atoms with Gasteiger partial charge in [0, 0.05) is 15.6 Å². The first-order chi connectivity index (χ1) is 20.6. The van der Waals surface area contributed by atoms with E-state index in [0.29, 0.717) is 5.02 Å². The highest BCUT2D eigenvalue weighted by molar-refractivity contribution is 7.71. The van der Waals surface area contributed by atoms with Crippen LogP contribution in [-0.4, -0.2) is 23.0 Å². The third-order valence-electron chi connectivity index (χ3n) is 7.64. The molecule has 5 aromatic rings. The molecule has 5 aromatic carbocycles. The molecule has 1 heterocycles. The minimum Gasteiger partial charge on any atom is -0.451 e. The zero-order valence-electron chi connectivity index (χ0n) is 23.1. The number of carbonyl (C=O) groups is 1. The van der Waals surface area contributed by atoms with Gasteiger partial charge in [-0.2, -0.15) is 0 Å². The van der Waals surface area contributed by atoms with Gasteiger partial charge in [0.25, 0.3) is 0 Å². The largest absolute Gasteiger partial charge is 0.451 e. The Morgan fingerprint density at radius 2 is 1.19 bits per heavy atom. The number of hydrogen-bond acceptors (Lipinski definition) is 4. The van der Waals surface area contributed by atoms with Gasteiger partial charge in [-0.05, 0) is 35.7 Å². The summed E-state index contributed by atoms with van der Waals surface area (Å²) < 4.78 is 8.64. The predicted molar refractivity (Wildman–Crippen MR) is 173 cm³/mol. The SMILES string of the molecule is C[C@]1(c2ccc(Cl)cc2)[C@H](C(=O)OC(c2ccccc2)c2ccccc2)N=CN1P(c1ccccc1)c1ccccc1. The first-order valence-electron chi connectivity index (χ1n) is 13.8. The molecule has 0 aromatic heterocycles. The molecule has 0 spiro atoms. The molecule has 0 amide bonds. The fourth-order valence-electron chi connectivity index (χ4n) is 5.45. The standard InChI is InChI=1S/C36H30ClN2O2P/c1-36(29-22-24-30(37)25-23-29)34(35(40)41-33(27-14-6-2-7-15-27)28-16-8-3-9-17-28)38-26-39(36)42(31-18-10-4-11-19-31)32-20-12-5-13-21-32/h2-26,33-34H,1H3/t34-,36-/m0/s1. The van der Waals surface area contributed by atoms with Gasteiger partial charge in [-0.25, -0.2) is 4.79 Å². The van der Waals surface area contributed by atoms with Gasteiger partial charge in [-0.15, -0.1) is 0 Å². The van der Waals surface area contributed by atoms with Gasteiger partial charge in [0.1, 0.15) is 5.54 Å². The van der Waals surface area contributed by atoms with E-state index in [-0.39, 0.29) is 5.97 Å². The van der Waals surface area contributed by atoms with Crippen LogP contribution >= 0.6 is 19.7 Å². The van der Waals surface area contributed by atoms with Gasteiger partial charge in [-0.1, -0.05) is 145 Å². The third-order valence-corrected chi connectivity index (χ3v) is 10.4. The van der Waals surface area contributed by atoms with E-state index >= 15 is 0 Å². The number of aliphatic imine (C=N–C) groups is 1. The fourth-order valence-corrected chi connectivity index (χ4v) is 8.08. The first kappa shape index (κ1) is 27.9. The Hall–Kier alpha value is -4.24. The minimum absolute atomic E-state index is 0.389. The molecule has 1 aliphatic heterocycles. The molecule has 0 aliphatic carbocycles. The summed E-state index contributed by atoms with van der Waals surface area (Å²) in [7, 11) is -1.09. The van der Waals surface area contributed by atoms with Crippen LogP contribution in [0.1, 0.15) is 29.7 Å². The summed E-state index contributed by atoms with van der Waals surface area (Å²) in [6, 6.07) is 47.4. The van der Waals surface area contributed by atoms with Crippen molar-refractivity contribution in [1.82, 2.24) is 4.67 Å². The molecule has 1 aliphatic rings. The van der Waals surface area contributed by atoms with E-state index in [0.717, 1.165) is 27.3 Å². The van der Waals surface area contributed by atoms with Crippen LogP contribution in [0.5, 0.6) is 0 Å². The summed E-state index contributed by atoms with van der Waals surface area (Å²) in [6.45, 7) is 2.08. The maximum absolute atomic E-state index is 14.3. The highest BCUT2D eigenvalue weighted by atomic mass is 35.5. The topological polar surface area (TPSA) is 41.9 Å². The van der Waals surface area contributed by atoms with Crippen LogP contribution in [0, 0.1) is 0 Å². The van der Waals surface area contributed by atoms with Gasteiger partial charge >= 0.3 is 5.97 Å². The molecule has 42 heavy (non-hydrogen) atoms. The normalized spacial score (nSPS) is 18.0. The molecule has 0 bridgehead atoms. The van der Waals surface area contributed by atoms with E-state index in [1.165, 1.54) is 0 Å². The van der Waals surface area contributed by atoms with Crippen LogP contribution in [0.15, 0.2) is 151 Å². The smallest absolute Gasteiger partial charge is 0.334 e. The van der Waals surface area contributed by atoms with Gasteiger partial charge in [0.05, 0.1) is 14.4 Å². The van der Waals surface area contributed by atoms with Crippen molar-refractivity contribution in [3.8, 4) is 0 Å². The highest BCUT2D eigenvalue weighted by Gasteiger charge is 2.52. The van der Waals surface area contributed by atoms with E-state index in [4.69, 9.17) is 21.3 Å². The number of ether oxygens (including phenoxy) is 1. The Kier molecular flexibility index (Phi) is 8.19. The van der Waals surface area contributed by atoms with Crippen molar-refractivity contribution in [3.05, 3.63) is 167 Å². The van der Waals surface area contributed by atoms with Crippen molar-refractivity contribution < 1.29 is 9.53 Å². The van der Waals surface area contributed by atoms with Crippen LogP contribution in [0.25, 0.3) is 0 Å². The first-order valence-corrected chi connectivity index (χ1v) is 15.5. The molecule has 208 valence electrons. The molecule has 2 atom stereocenters. The van der Waals surface area contributed by atoms with Gasteiger partial charge < -0.3 is 9.41 Å². The molecule has 0 saturated heterocycles. The molecule has 0 saturated carbocycles. The maximum Gasteiger partial charge on any atom is 0.334 e. The van der Waals surface area contributed by atoms with Crippen molar-refractivity contribution in [1.29, 1.82) is 0 Å². The molecule has 6 heteroatoms. The van der Waals surface area contributed by atoms with E-state index < -0.39 is 25.8 Å². The van der Waals surface area contributed by atoms with E-state index in [1.807, 2.05) is 103 Å². The van der Waals surface area contributed by atoms with Crippen molar-refractivity contribution in [2.45, 2.75) is 24.6 Å². The second kappa shape index (κ2) is 12.3. The number of nitrogens with zero attached hydrogens (tertiary/aromatic N) is 2. The van der Waals surface area contributed by atoms with Crippen LogP contribution in [0.3, 0.4) is 0 Å². The fraction of sp³-hybridized carbons (Fsp3) is 0.111. The van der Waals surface area contributed by atoms with Crippen LogP contribution < -0.4 is 10.6 Å².